The van der Waals surface area contributed by atoms with Crippen LogP contribution in [-0.2, 0) is 0 Å². The van der Waals surface area contributed by atoms with Crippen LogP contribution in [0, 0.1) is 0 Å². The average Bonchev–Trinajstić information content (AvgIpc) is 2.33. The van der Waals surface area contributed by atoms with Crippen LogP contribution in [0.25, 0.3) is 0 Å². The van der Waals surface area contributed by atoms with E-state index in [0.29, 0.717) is 5.75 Å². The third-order valence-corrected chi connectivity index (χ3v) is 3.14. The van der Waals surface area contributed by atoms with E-state index in [1.165, 1.54) is 0 Å². The summed E-state index contributed by atoms with van der Waals surface area (Å²) in [6.07, 6.45) is 5.81. The second-order valence-electron chi connectivity index (χ2n) is 3.74. The predicted octanol–water partition coefficient (Wildman–Crippen LogP) is 1.98. The van der Waals surface area contributed by atoms with E-state index in [4.69, 9.17) is 9.47 Å². The molecule has 1 aliphatic heterocycles. The number of hydrogen-bond donors (Lipinski definition) is 1. The highest BCUT2D eigenvalue weighted by molar-refractivity contribution is 9.10. The molecule has 0 radical (unpaired) electrons. The number of halogens is 1. The lowest BCUT2D eigenvalue weighted by atomic mass is 10.1. The van der Waals surface area contributed by atoms with Crippen molar-refractivity contribution in [2.24, 2.45) is 0 Å². The van der Waals surface area contributed by atoms with Crippen molar-refractivity contribution in [3.63, 3.8) is 0 Å². The Morgan fingerprint density at radius 1 is 1.50 bits per heavy atom. The van der Waals surface area contributed by atoms with Gasteiger partial charge in [0.05, 0.1) is 17.8 Å². The number of methoxy groups -OCH3 is 1. The molecule has 2 rings (SSSR count). The summed E-state index contributed by atoms with van der Waals surface area (Å²) < 4.78 is 12.0. The van der Waals surface area contributed by atoms with Crippen LogP contribution in [0.3, 0.4) is 0 Å². The first kappa shape index (κ1) is 11.7. The molecule has 0 aromatic carbocycles. The van der Waals surface area contributed by atoms with Gasteiger partial charge in [0.15, 0.2) is 11.5 Å². The Labute approximate surface area is 103 Å². The summed E-state index contributed by atoms with van der Waals surface area (Å²) in [6.45, 7) is 1.96. The second-order valence-corrected chi connectivity index (χ2v) is 4.59. The Balaban J connectivity index is 2.12. The molecule has 1 atom stereocenters. The Bertz CT molecular complexity index is 354. The molecule has 1 aromatic heterocycles. The van der Waals surface area contributed by atoms with Gasteiger partial charge >= 0.3 is 0 Å². The molecule has 4 nitrogen and oxygen atoms in total. The van der Waals surface area contributed by atoms with Gasteiger partial charge in [0.25, 0.3) is 0 Å². The van der Waals surface area contributed by atoms with Crippen LogP contribution in [0.2, 0.25) is 0 Å². The van der Waals surface area contributed by atoms with Crippen molar-refractivity contribution < 1.29 is 9.47 Å². The summed E-state index contributed by atoms with van der Waals surface area (Å²) >= 11 is 3.43. The minimum Gasteiger partial charge on any atom is -0.491 e. The molecular formula is C11H15BrN2O2. The van der Waals surface area contributed by atoms with Crippen molar-refractivity contribution >= 4 is 15.9 Å². The number of piperidine rings is 1. The van der Waals surface area contributed by atoms with Crippen LogP contribution in [0.5, 0.6) is 11.5 Å². The molecule has 0 aliphatic carbocycles. The van der Waals surface area contributed by atoms with Gasteiger partial charge in [0.1, 0.15) is 6.10 Å². The molecular weight excluding hydrogens is 272 g/mol. The summed E-state index contributed by atoms with van der Waals surface area (Å²) in [5.74, 6) is 1.41. The minimum atomic E-state index is 0.210. The highest BCUT2D eigenvalue weighted by Gasteiger charge is 2.18. The molecule has 2 heterocycles. The number of rotatable bonds is 3. The smallest absolute Gasteiger partial charge is 0.180 e. The molecule has 16 heavy (non-hydrogen) atoms. The summed E-state index contributed by atoms with van der Waals surface area (Å²) in [6, 6.07) is 0. The van der Waals surface area contributed by atoms with Gasteiger partial charge in [0, 0.05) is 12.7 Å². The van der Waals surface area contributed by atoms with Crippen LogP contribution < -0.4 is 14.8 Å². The summed E-state index contributed by atoms with van der Waals surface area (Å²) in [5.41, 5.74) is 0. The van der Waals surface area contributed by atoms with Gasteiger partial charge in [-0.05, 0) is 35.3 Å². The number of pyridine rings is 1. The van der Waals surface area contributed by atoms with E-state index < -0.39 is 0 Å². The van der Waals surface area contributed by atoms with E-state index >= 15 is 0 Å². The molecule has 1 aromatic rings. The van der Waals surface area contributed by atoms with Crippen LogP contribution in [0.1, 0.15) is 12.8 Å². The zero-order valence-corrected chi connectivity index (χ0v) is 10.8. The Hall–Kier alpha value is -0.810. The number of hydrogen-bond acceptors (Lipinski definition) is 4. The SMILES string of the molecule is COc1cncc(Br)c1OC1CCCNC1. The van der Waals surface area contributed by atoms with Gasteiger partial charge in [-0.3, -0.25) is 4.98 Å². The highest BCUT2D eigenvalue weighted by Crippen LogP contribution is 2.35. The maximum Gasteiger partial charge on any atom is 0.180 e. The fourth-order valence-corrected chi connectivity index (χ4v) is 2.16. The lowest BCUT2D eigenvalue weighted by Crippen LogP contribution is -2.37. The molecule has 1 N–H and O–H groups in total. The second kappa shape index (κ2) is 5.50. The van der Waals surface area contributed by atoms with E-state index in [0.717, 1.165) is 36.2 Å². The Kier molecular flexibility index (Phi) is 4.01. The fraction of sp³-hybridized carbons (Fsp3) is 0.545. The Morgan fingerprint density at radius 3 is 3.06 bits per heavy atom. The maximum absolute atomic E-state index is 5.93. The molecule has 1 unspecified atom stereocenters. The van der Waals surface area contributed by atoms with Crippen molar-refractivity contribution in [3.05, 3.63) is 16.9 Å². The third kappa shape index (κ3) is 2.65. The van der Waals surface area contributed by atoms with Gasteiger partial charge in [-0.1, -0.05) is 0 Å². The zero-order valence-electron chi connectivity index (χ0n) is 9.20. The van der Waals surface area contributed by atoms with Gasteiger partial charge in [-0.2, -0.15) is 0 Å². The van der Waals surface area contributed by atoms with Crippen LogP contribution in [-0.4, -0.2) is 31.3 Å². The quantitative estimate of drug-likeness (QED) is 0.923. The first-order valence-electron chi connectivity index (χ1n) is 5.36. The lowest BCUT2D eigenvalue weighted by Gasteiger charge is -2.25. The van der Waals surface area contributed by atoms with E-state index in [1.807, 2.05) is 0 Å². The van der Waals surface area contributed by atoms with Gasteiger partial charge in [-0.15, -0.1) is 0 Å². The van der Waals surface area contributed by atoms with E-state index in [2.05, 4.69) is 26.2 Å². The minimum absolute atomic E-state index is 0.210. The fourth-order valence-electron chi connectivity index (χ4n) is 1.75. The molecule has 0 bridgehead atoms. The van der Waals surface area contributed by atoms with Gasteiger partial charge in [0.2, 0.25) is 0 Å². The third-order valence-electron chi connectivity index (χ3n) is 2.58. The van der Waals surface area contributed by atoms with Crippen LogP contribution in [0.15, 0.2) is 16.9 Å². The maximum atomic E-state index is 5.93. The molecule has 1 fully saturated rings. The molecule has 5 heteroatoms. The van der Waals surface area contributed by atoms with Crippen molar-refractivity contribution in [3.8, 4) is 11.5 Å². The highest BCUT2D eigenvalue weighted by atomic mass is 79.9. The Morgan fingerprint density at radius 2 is 2.38 bits per heavy atom. The summed E-state index contributed by atoms with van der Waals surface area (Å²) in [5, 5.41) is 3.32. The average molecular weight is 287 g/mol. The molecule has 0 amide bonds. The predicted molar refractivity (Wildman–Crippen MR) is 65.0 cm³/mol. The van der Waals surface area contributed by atoms with Gasteiger partial charge in [-0.25, -0.2) is 0 Å². The molecule has 0 saturated carbocycles. The first-order chi connectivity index (χ1) is 7.81. The molecule has 88 valence electrons. The largest absolute Gasteiger partial charge is 0.491 e. The molecule has 1 aliphatic rings. The van der Waals surface area contributed by atoms with Crippen molar-refractivity contribution in [2.45, 2.75) is 18.9 Å². The van der Waals surface area contributed by atoms with E-state index in [1.54, 1.807) is 19.5 Å². The van der Waals surface area contributed by atoms with E-state index in [-0.39, 0.29) is 6.10 Å². The van der Waals surface area contributed by atoms with Crippen LogP contribution >= 0.6 is 15.9 Å². The summed E-state index contributed by atoms with van der Waals surface area (Å²) in [7, 11) is 1.62. The normalized spacial score (nSPS) is 20.5. The topological polar surface area (TPSA) is 43.4 Å². The number of aromatic nitrogens is 1. The molecule has 1 saturated heterocycles. The molecule has 0 spiro atoms. The number of ether oxygens (including phenoxy) is 2. The standard InChI is InChI=1S/C11H15BrN2O2/c1-15-10-7-14-6-9(12)11(10)16-8-3-2-4-13-5-8/h6-8,13H,2-5H2,1H3. The zero-order chi connectivity index (χ0) is 11.4. The van der Waals surface area contributed by atoms with Crippen molar-refractivity contribution in [1.29, 1.82) is 0 Å². The number of nitrogens with one attached hydrogen (secondary N) is 1. The van der Waals surface area contributed by atoms with Gasteiger partial charge < -0.3 is 14.8 Å². The lowest BCUT2D eigenvalue weighted by molar-refractivity contribution is 0.160. The first-order valence-corrected chi connectivity index (χ1v) is 6.15. The summed E-state index contributed by atoms with van der Waals surface area (Å²) in [4.78, 5) is 4.04. The number of nitrogens with zero attached hydrogens (tertiary/aromatic N) is 1. The van der Waals surface area contributed by atoms with Crippen molar-refractivity contribution in [2.75, 3.05) is 20.2 Å². The van der Waals surface area contributed by atoms with E-state index in [9.17, 15) is 0 Å². The monoisotopic (exact) mass is 286 g/mol. The van der Waals surface area contributed by atoms with Crippen LogP contribution in [0.4, 0.5) is 0 Å². The van der Waals surface area contributed by atoms with Crippen molar-refractivity contribution in [1.82, 2.24) is 10.3 Å².